The average Bonchev–Trinajstić information content (AvgIpc) is 3.12. The van der Waals surface area contributed by atoms with Gasteiger partial charge in [0.05, 0.1) is 5.75 Å². The normalized spacial score (nSPS) is 11.4. The number of aryl methyl sites for hydroxylation is 1. The van der Waals surface area contributed by atoms with Crippen molar-refractivity contribution >= 4 is 44.4 Å². The summed E-state index contributed by atoms with van der Waals surface area (Å²) >= 11 is 7.17. The highest BCUT2D eigenvalue weighted by Crippen LogP contribution is 2.25. The molecular formula is C18H16ClN3O4S2. The summed E-state index contributed by atoms with van der Waals surface area (Å²) in [6.45, 7) is 0.0127. The van der Waals surface area contributed by atoms with Gasteiger partial charge in [0.2, 0.25) is 0 Å². The molecule has 3 aromatic rings. The fraction of sp³-hybridized carbons (Fsp3) is 0.167. The van der Waals surface area contributed by atoms with Crippen LogP contribution in [0.1, 0.15) is 10.5 Å². The zero-order valence-electron chi connectivity index (χ0n) is 14.8. The van der Waals surface area contributed by atoms with E-state index in [0.717, 1.165) is 11.8 Å². The molecule has 2 aromatic heterocycles. The van der Waals surface area contributed by atoms with Gasteiger partial charge in [-0.1, -0.05) is 23.7 Å². The number of hydrogen-bond acceptors (Lipinski definition) is 6. The van der Waals surface area contributed by atoms with Gasteiger partial charge in [0.25, 0.3) is 11.5 Å². The van der Waals surface area contributed by atoms with Gasteiger partial charge < -0.3 is 9.88 Å². The summed E-state index contributed by atoms with van der Waals surface area (Å²) in [6, 6.07) is 10.1. The van der Waals surface area contributed by atoms with E-state index >= 15 is 0 Å². The van der Waals surface area contributed by atoms with E-state index in [1.165, 1.54) is 28.2 Å². The molecule has 2 heterocycles. The van der Waals surface area contributed by atoms with Crippen molar-refractivity contribution in [1.29, 1.82) is 0 Å². The Kier molecular flexibility index (Phi) is 5.97. The van der Waals surface area contributed by atoms with Crippen molar-refractivity contribution in [2.75, 3.05) is 17.3 Å². The van der Waals surface area contributed by atoms with Gasteiger partial charge in [-0.25, -0.2) is 13.4 Å². The lowest BCUT2D eigenvalue weighted by Crippen LogP contribution is -2.27. The van der Waals surface area contributed by atoms with Crippen LogP contribution in [0.4, 0.5) is 5.69 Å². The van der Waals surface area contributed by atoms with Crippen molar-refractivity contribution in [2.45, 2.75) is 6.54 Å². The van der Waals surface area contributed by atoms with Crippen LogP contribution in [0.15, 0.2) is 52.8 Å². The van der Waals surface area contributed by atoms with Crippen LogP contribution in [0.2, 0.25) is 5.02 Å². The molecule has 28 heavy (non-hydrogen) atoms. The SMILES string of the molecule is CS(=O)(=O)CCn1cccc(NC(=O)c2csc(-c3ccc(Cl)cc3)n2)c1=O. The predicted octanol–water partition coefficient (Wildman–Crippen LogP) is 2.92. The molecule has 0 fully saturated rings. The summed E-state index contributed by atoms with van der Waals surface area (Å²) in [6.07, 6.45) is 2.58. The fourth-order valence-electron chi connectivity index (χ4n) is 2.36. The van der Waals surface area contributed by atoms with E-state index in [1.54, 1.807) is 35.7 Å². The van der Waals surface area contributed by atoms with Gasteiger partial charge in [0, 0.05) is 35.0 Å². The Bertz CT molecular complexity index is 1170. The van der Waals surface area contributed by atoms with Crippen LogP contribution in [0.5, 0.6) is 0 Å². The number of hydrogen-bond donors (Lipinski definition) is 1. The van der Waals surface area contributed by atoms with Gasteiger partial charge >= 0.3 is 0 Å². The summed E-state index contributed by atoms with van der Waals surface area (Å²) < 4.78 is 23.9. The second kappa shape index (κ2) is 8.26. The number of rotatable bonds is 6. The maximum Gasteiger partial charge on any atom is 0.275 e. The Morgan fingerprint density at radius 2 is 1.96 bits per heavy atom. The molecule has 3 rings (SSSR count). The van der Waals surface area contributed by atoms with Gasteiger partial charge in [-0.3, -0.25) is 9.59 Å². The molecule has 0 radical (unpaired) electrons. The van der Waals surface area contributed by atoms with E-state index in [-0.39, 0.29) is 23.7 Å². The fourth-order valence-corrected chi connectivity index (χ4v) is 3.82. The molecule has 1 amide bonds. The minimum absolute atomic E-state index is 0.0127. The second-order valence-electron chi connectivity index (χ2n) is 6.05. The lowest BCUT2D eigenvalue weighted by Gasteiger charge is -2.08. The van der Waals surface area contributed by atoms with Gasteiger partial charge in [0.1, 0.15) is 26.2 Å². The number of carbonyl (C=O) groups is 1. The van der Waals surface area contributed by atoms with Crippen LogP contribution >= 0.6 is 22.9 Å². The monoisotopic (exact) mass is 437 g/mol. The summed E-state index contributed by atoms with van der Waals surface area (Å²) in [4.78, 5) is 29.2. The summed E-state index contributed by atoms with van der Waals surface area (Å²) in [7, 11) is -3.21. The number of carbonyl (C=O) groups excluding carboxylic acids is 1. The van der Waals surface area contributed by atoms with Crippen molar-refractivity contribution in [3.63, 3.8) is 0 Å². The van der Waals surface area contributed by atoms with E-state index < -0.39 is 21.3 Å². The summed E-state index contributed by atoms with van der Waals surface area (Å²) in [5, 5.41) is 5.40. The van der Waals surface area contributed by atoms with Crippen LogP contribution in [0.25, 0.3) is 10.6 Å². The third kappa shape index (κ3) is 5.06. The van der Waals surface area contributed by atoms with Crippen LogP contribution in [-0.2, 0) is 16.4 Å². The number of nitrogens with one attached hydrogen (secondary N) is 1. The smallest absolute Gasteiger partial charge is 0.275 e. The molecule has 0 saturated carbocycles. The first-order chi connectivity index (χ1) is 13.2. The Morgan fingerprint density at radius 3 is 2.64 bits per heavy atom. The van der Waals surface area contributed by atoms with E-state index in [1.807, 2.05) is 0 Å². The summed E-state index contributed by atoms with van der Waals surface area (Å²) in [5.41, 5.74) is 0.590. The van der Waals surface area contributed by atoms with Crippen molar-refractivity contribution < 1.29 is 13.2 Å². The molecule has 0 aliphatic carbocycles. The standard InChI is InChI=1S/C18H16ClN3O4S2/c1-28(25,26)10-9-22-8-2-3-14(18(22)24)20-16(23)15-11-27-17(21-15)12-4-6-13(19)7-5-12/h2-8,11H,9-10H2,1H3,(H,20,23). The van der Waals surface area contributed by atoms with Gasteiger partial charge in [-0.05, 0) is 24.3 Å². The molecule has 0 saturated heterocycles. The molecule has 0 aliphatic heterocycles. The number of nitrogens with zero attached hydrogens (tertiary/aromatic N) is 2. The number of sulfone groups is 1. The molecule has 0 bridgehead atoms. The Balaban J connectivity index is 1.76. The quantitative estimate of drug-likeness (QED) is 0.639. The van der Waals surface area contributed by atoms with Gasteiger partial charge in [-0.2, -0.15) is 0 Å². The number of aromatic nitrogens is 2. The third-order valence-corrected chi connectivity index (χ3v) is 5.87. The molecule has 0 spiro atoms. The highest BCUT2D eigenvalue weighted by atomic mass is 35.5. The lowest BCUT2D eigenvalue weighted by molar-refractivity contribution is 0.102. The largest absolute Gasteiger partial charge is 0.316 e. The highest BCUT2D eigenvalue weighted by molar-refractivity contribution is 7.90. The topological polar surface area (TPSA) is 98.1 Å². The first kappa shape index (κ1) is 20.2. The highest BCUT2D eigenvalue weighted by Gasteiger charge is 2.14. The molecule has 1 N–H and O–H groups in total. The molecule has 10 heteroatoms. The van der Waals surface area contributed by atoms with E-state index in [0.29, 0.717) is 10.0 Å². The maximum absolute atomic E-state index is 12.5. The van der Waals surface area contributed by atoms with Crippen molar-refractivity contribution in [1.82, 2.24) is 9.55 Å². The molecule has 0 unspecified atom stereocenters. The average molecular weight is 438 g/mol. The van der Waals surface area contributed by atoms with Crippen molar-refractivity contribution in [3.8, 4) is 10.6 Å². The van der Waals surface area contributed by atoms with Gasteiger partial charge in [0.15, 0.2) is 0 Å². The minimum Gasteiger partial charge on any atom is -0.316 e. The van der Waals surface area contributed by atoms with E-state index in [4.69, 9.17) is 11.6 Å². The first-order valence-corrected chi connectivity index (χ1v) is 11.4. The molecule has 0 atom stereocenters. The van der Waals surface area contributed by atoms with Crippen LogP contribution in [0, 0.1) is 0 Å². The van der Waals surface area contributed by atoms with Crippen LogP contribution in [-0.4, -0.2) is 35.9 Å². The van der Waals surface area contributed by atoms with Crippen LogP contribution < -0.4 is 10.9 Å². The summed E-state index contributed by atoms with van der Waals surface area (Å²) in [5.74, 6) is -0.685. The lowest BCUT2D eigenvalue weighted by atomic mass is 10.2. The molecule has 146 valence electrons. The number of halogens is 1. The predicted molar refractivity (Wildman–Crippen MR) is 111 cm³/mol. The molecule has 7 nitrogen and oxygen atoms in total. The Hall–Kier alpha value is -2.49. The van der Waals surface area contributed by atoms with Crippen LogP contribution in [0.3, 0.4) is 0 Å². The first-order valence-electron chi connectivity index (χ1n) is 8.13. The zero-order chi connectivity index (χ0) is 20.3. The second-order valence-corrected chi connectivity index (χ2v) is 9.60. The molecule has 1 aromatic carbocycles. The minimum atomic E-state index is -3.21. The molecule has 0 aliphatic rings. The zero-order valence-corrected chi connectivity index (χ0v) is 17.1. The van der Waals surface area contributed by atoms with E-state index in [9.17, 15) is 18.0 Å². The van der Waals surface area contributed by atoms with E-state index in [2.05, 4.69) is 10.3 Å². The molecular weight excluding hydrogens is 422 g/mol. The number of thiazole rings is 1. The Morgan fingerprint density at radius 1 is 1.25 bits per heavy atom. The third-order valence-electron chi connectivity index (χ3n) is 3.80. The maximum atomic E-state index is 12.5. The Labute approximate surface area is 170 Å². The van der Waals surface area contributed by atoms with Crippen molar-refractivity contribution in [3.05, 3.63) is 69.0 Å². The number of benzene rings is 1. The number of amides is 1. The van der Waals surface area contributed by atoms with Gasteiger partial charge in [-0.15, -0.1) is 11.3 Å². The number of pyridine rings is 1. The number of anilines is 1. The van der Waals surface area contributed by atoms with Crippen molar-refractivity contribution in [2.24, 2.45) is 0 Å².